The highest BCUT2D eigenvalue weighted by Crippen LogP contribution is 2.29. The number of halogens is 3. The predicted molar refractivity (Wildman–Crippen MR) is 51.1 cm³/mol. The van der Waals surface area contributed by atoms with Gasteiger partial charge in [-0.05, 0) is 12.1 Å². The van der Waals surface area contributed by atoms with E-state index in [1.165, 1.54) is 18.5 Å². The normalized spacial score (nSPS) is 11.2. The summed E-state index contributed by atoms with van der Waals surface area (Å²) in [6.45, 7) is 0. The molecule has 0 saturated heterocycles. The number of hydrogen-bond donors (Lipinski definition) is 0. The van der Waals surface area contributed by atoms with Crippen molar-refractivity contribution in [1.82, 2.24) is 14.8 Å². The number of pyridine rings is 1. The maximum Gasteiger partial charge on any atom is 0.435 e. The molecule has 0 radical (unpaired) electrons. The van der Waals surface area contributed by atoms with Crippen molar-refractivity contribution >= 4 is 0 Å². The van der Waals surface area contributed by atoms with Crippen LogP contribution in [0.4, 0.5) is 13.2 Å². The van der Waals surface area contributed by atoms with Gasteiger partial charge in [0.15, 0.2) is 5.69 Å². The highest BCUT2D eigenvalue weighted by molar-refractivity contribution is 5.36. The zero-order chi connectivity index (χ0) is 12.5. The lowest BCUT2D eigenvalue weighted by Crippen LogP contribution is -2.07. The molecule has 0 spiro atoms. The SMILES string of the molecule is N#Cc1cc(C(F)(F)F)nn1-c1cccnc1. The summed E-state index contributed by atoms with van der Waals surface area (Å²) in [5.74, 6) is 0. The Balaban J connectivity index is 2.56. The first-order chi connectivity index (χ1) is 8.02. The number of nitrogens with zero attached hydrogens (tertiary/aromatic N) is 4. The molecule has 0 aliphatic heterocycles. The minimum absolute atomic E-state index is 0.190. The van der Waals surface area contributed by atoms with Crippen LogP contribution < -0.4 is 0 Å². The summed E-state index contributed by atoms with van der Waals surface area (Å²) >= 11 is 0. The van der Waals surface area contributed by atoms with Crippen molar-refractivity contribution < 1.29 is 13.2 Å². The average Bonchev–Trinajstić information content (AvgIpc) is 2.73. The number of rotatable bonds is 1. The van der Waals surface area contributed by atoms with Gasteiger partial charge in [0.05, 0.1) is 11.9 Å². The summed E-state index contributed by atoms with van der Waals surface area (Å²) in [5.41, 5.74) is -0.984. The van der Waals surface area contributed by atoms with E-state index >= 15 is 0 Å². The van der Waals surface area contributed by atoms with Gasteiger partial charge in [-0.25, -0.2) is 4.68 Å². The number of aromatic nitrogens is 3. The van der Waals surface area contributed by atoms with Crippen LogP contribution in [0.3, 0.4) is 0 Å². The highest BCUT2D eigenvalue weighted by Gasteiger charge is 2.35. The van der Waals surface area contributed by atoms with E-state index in [2.05, 4.69) is 10.1 Å². The Labute approximate surface area is 93.9 Å². The molecule has 2 aromatic heterocycles. The zero-order valence-electron chi connectivity index (χ0n) is 8.31. The first kappa shape index (κ1) is 11.1. The van der Waals surface area contributed by atoms with Crippen molar-refractivity contribution in [2.24, 2.45) is 0 Å². The Bertz CT molecular complexity index is 565. The van der Waals surface area contributed by atoms with Crippen LogP contribution in [0.2, 0.25) is 0 Å². The third-order valence-electron chi connectivity index (χ3n) is 2.00. The summed E-state index contributed by atoms with van der Waals surface area (Å²) in [4.78, 5) is 3.76. The fourth-order valence-corrected chi connectivity index (χ4v) is 1.28. The average molecular weight is 238 g/mol. The molecule has 0 saturated carbocycles. The van der Waals surface area contributed by atoms with E-state index in [0.717, 1.165) is 4.68 Å². The molecule has 2 rings (SSSR count). The van der Waals surface area contributed by atoms with Crippen LogP contribution >= 0.6 is 0 Å². The summed E-state index contributed by atoms with van der Waals surface area (Å²) in [6, 6.07) is 5.42. The van der Waals surface area contributed by atoms with Crippen molar-refractivity contribution in [2.75, 3.05) is 0 Å². The minimum Gasteiger partial charge on any atom is -0.262 e. The summed E-state index contributed by atoms with van der Waals surface area (Å²) < 4.78 is 38.2. The van der Waals surface area contributed by atoms with E-state index in [4.69, 9.17) is 5.26 Å². The number of nitriles is 1. The maximum absolute atomic E-state index is 12.4. The summed E-state index contributed by atoms with van der Waals surface area (Å²) in [7, 11) is 0. The van der Waals surface area contributed by atoms with Gasteiger partial charge in [0.2, 0.25) is 0 Å². The van der Waals surface area contributed by atoms with Crippen LogP contribution in [0.25, 0.3) is 5.69 Å². The third kappa shape index (κ3) is 2.10. The monoisotopic (exact) mass is 238 g/mol. The van der Waals surface area contributed by atoms with Gasteiger partial charge < -0.3 is 0 Å². The molecule has 4 nitrogen and oxygen atoms in total. The number of alkyl halides is 3. The van der Waals surface area contributed by atoms with Gasteiger partial charge in [0.1, 0.15) is 11.8 Å². The van der Waals surface area contributed by atoms with E-state index < -0.39 is 11.9 Å². The van der Waals surface area contributed by atoms with Crippen LogP contribution in [0.15, 0.2) is 30.6 Å². The summed E-state index contributed by atoms with van der Waals surface area (Å²) in [5, 5.41) is 12.1. The van der Waals surface area contributed by atoms with Crippen molar-refractivity contribution in [1.29, 1.82) is 5.26 Å². The molecule has 2 heterocycles. The molecule has 0 aliphatic carbocycles. The Morgan fingerprint density at radius 3 is 2.65 bits per heavy atom. The number of hydrogen-bond acceptors (Lipinski definition) is 3. The molecule has 7 heteroatoms. The Morgan fingerprint density at radius 2 is 2.12 bits per heavy atom. The standard InChI is InChI=1S/C10H5F3N4/c11-10(12,13)9-4-8(5-14)17(16-9)7-2-1-3-15-6-7/h1-4,6H. The maximum atomic E-state index is 12.4. The van der Waals surface area contributed by atoms with E-state index in [9.17, 15) is 13.2 Å². The molecule has 0 bridgehead atoms. The van der Waals surface area contributed by atoms with Gasteiger partial charge in [0, 0.05) is 12.3 Å². The van der Waals surface area contributed by atoms with Crippen molar-refractivity contribution in [3.8, 4) is 11.8 Å². The van der Waals surface area contributed by atoms with Gasteiger partial charge in [-0.2, -0.15) is 23.5 Å². The molecule has 0 amide bonds. The van der Waals surface area contributed by atoms with Crippen LogP contribution in [0.5, 0.6) is 0 Å². The smallest absolute Gasteiger partial charge is 0.262 e. The molecule has 86 valence electrons. The summed E-state index contributed by atoms with van der Waals surface area (Å²) in [6.07, 6.45) is -1.77. The van der Waals surface area contributed by atoms with Gasteiger partial charge in [-0.1, -0.05) is 0 Å². The molecule has 2 aromatic rings. The molecular weight excluding hydrogens is 233 g/mol. The Hall–Kier alpha value is -2.36. The lowest BCUT2D eigenvalue weighted by atomic mass is 10.3. The van der Waals surface area contributed by atoms with Crippen LogP contribution in [0, 0.1) is 11.3 Å². The van der Waals surface area contributed by atoms with Gasteiger partial charge in [0.25, 0.3) is 0 Å². The third-order valence-corrected chi connectivity index (χ3v) is 2.00. The molecule has 0 N–H and O–H groups in total. The zero-order valence-corrected chi connectivity index (χ0v) is 8.31. The first-order valence-corrected chi connectivity index (χ1v) is 4.50. The van der Waals surface area contributed by atoms with Gasteiger partial charge in [-0.15, -0.1) is 0 Å². The predicted octanol–water partition coefficient (Wildman–Crippen LogP) is 2.16. The van der Waals surface area contributed by atoms with Crippen molar-refractivity contribution in [2.45, 2.75) is 6.18 Å². The van der Waals surface area contributed by atoms with Gasteiger partial charge in [-0.3, -0.25) is 4.98 Å². The molecule has 0 fully saturated rings. The molecule has 0 aliphatic rings. The van der Waals surface area contributed by atoms with Crippen LogP contribution in [-0.4, -0.2) is 14.8 Å². The molecule has 0 aromatic carbocycles. The topological polar surface area (TPSA) is 54.5 Å². The quantitative estimate of drug-likeness (QED) is 0.764. The van der Waals surface area contributed by atoms with E-state index in [0.29, 0.717) is 11.8 Å². The highest BCUT2D eigenvalue weighted by atomic mass is 19.4. The van der Waals surface area contributed by atoms with E-state index in [1.54, 1.807) is 12.1 Å². The lowest BCUT2D eigenvalue weighted by molar-refractivity contribution is -0.141. The second-order valence-electron chi connectivity index (χ2n) is 3.15. The fourth-order valence-electron chi connectivity index (χ4n) is 1.28. The van der Waals surface area contributed by atoms with E-state index in [-0.39, 0.29) is 5.69 Å². The Morgan fingerprint density at radius 1 is 1.35 bits per heavy atom. The van der Waals surface area contributed by atoms with Gasteiger partial charge >= 0.3 is 6.18 Å². The molecular formula is C10H5F3N4. The second-order valence-corrected chi connectivity index (χ2v) is 3.15. The Kier molecular flexibility index (Phi) is 2.55. The van der Waals surface area contributed by atoms with Crippen LogP contribution in [0.1, 0.15) is 11.4 Å². The van der Waals surface area contributed by atoms with E-state index in [1.807, 2.05) is 0 Å². The first-order valence-electron chi connectivity index (χ1n) is 4.50. The lowest BCUT2D eigenvalue weighted by Gasteiger charge is -2.02. The molecule has 0 atom stereocenters. The molecule has 17 heavy (non-hydrogen) atoms. The van der Waals surface area contributed by atoms with Crippen molar-refractivity contribution in [3.05, 3.63) is 42.0 Å². The fraction of sp³-hybridized carbons (Fsp3) is 0.100. The van der Waals surface area contributed by atoms with Crippen molar-refractivity contribution in [3.63, 3.8) is 0 Å². The minimum atomic E-state index is -4.57. The largest absolute Gasteiger partial charge is 0.435 e. The van der Waals surface area contributed by atoms with Crippen LogP contribution in [-0.2, 0) is 6.18 Å². The second kappa shape index (κ2) is 3.90. The molecule has 0 unspecified atom stereocenters.